The van der Waals surface area contributed by atoms with Crippen LogP contribution in [0.25, 0.3) is 0 Å². The van der Waals surface area contributed by atoms with Crippen LogP contribution in [0.3, 0.4) is 0 Å². The zero-order chi connectivity index (χ0) is 12.6. The molecule has 0 radical (unpaired) electrons. The lowest BCUT2D eigenvalue weighted by molar-refractivity contribution is 0.181. The van der Waals surface area contributed by atoms with E-state index in [-0.39, 0.29) is 0 Å². The molecule has 2 rings (SSSR count). The Labute approximate surface area is 111 Å². The van der Waals surface area contributed by atoms with E-state index in [0.29, 0.717) is 0 Å². The van der Waals surface area contributed by atoms with Crippen LogP contribution in [0, 0.1) is 5.92 Å². The van der Waals surface area contributed by atoms with Crippen molar-refractivity contribution in [1.29, 1.82) is 0 Å². The molecule has 1 unspecified atom stereocenters. The highest BCUT2D eigenvalue weighted by atomic mass is 16.3. The van der Waals surface area contributed by atoms with E-state index in [2.05, 4.69) is 17.1 Å². The lowest BCUT2D eigenvalue weighted by Gasteiger charge is -2.30. The van der Waals surface area contributed by atoms with Crippen LogP contribution < -0.4 is 5.32 Å². The molecule has 1 saturated heterocycles. The van der Waals surface area contributed by atoms with Gasteiger partial charge in [0.1, 0.15) is 5.76 Å². The molecule has 3 nitrogen and oxygen atoms in total. The Morgan fingerprint density at radius 1 is 1.44 bits per heavy atom. The molecular formula is C15H26N2O. The predicted octanol–water partition coefficient (Wildman–Crippen LogP) is 2.88. The first-order valence-corrected chi connectivity index (χ1v) is 7.30. The first kappa shape index (κ1) is 13.6. The smallest absolute Gasteiger partial charge is 0.117 e. The van der Waals surface area contributed by atoms with Gasteiger partial charge in [-0.15, -0.1) is 0 Å². The second kappa shape index (κ2) is 7.59. The molecule has 1 atom stereocenters. The van der Waals surface area contributed by atoms with E-state index in [1.54, 1.807) is 6.26 Å². The zero-order valence-corrected chi connectivity index (χ0v) is 11.5. The first-order valence-electron chi connectivity index (χ1n) is 7.30. The number of likely N-dealkylation sites (tertiary alicyclic amines) is 1. The highest BCUT2D eigenvalue weighted by Gasteiger charge is 2.14. The molecule has 1 aromatic heterocycles. The van der Waals surface area contributed by atoms with E-state index in [1.165, 1.54) is 45.3 Å². The Kier molecular flexibility index (Phi) is 5.75. The van der Waals surface area contributed by atoms with E-state index < -0.39 is 0 Å². The van der Waals surface area contributed by atoms with Crippen molar-refractivity contribution in [1.82, 2.24) is 10.2 Å². The molecule has 1 N–H and O–H groups in total. The van der Waals surface area contributed by atoms with Crippen LogP contribution in [0.1, 0.15) is 38.4 Å². The Morgan fingerprint density at radius 2 is 2.39 bits per heavy atom. The van der Waals surface area contributed by atoms with Gasteiger partial charge in [-0.1, -0.05) is 6.92 Å². The van der Waals surface area contributed by atoms with Gasteiger partial charge < -0.3 is 14.6 Å². The molecule has 3 heteroatoms. The highest BCUT2D eigenvalue weighted by Crippen LogP contribution is 2.15. The van der Waals surface area contributed by atoms with E-state index in [9.17, 15) is 0 Å². The molecule has 18 heavy (non-hydrogen) atoms. The summed E-state index contributed by atoms with van der Waals surface area (Å²) in [6.07, 6.45) is 7.09. The fourth-order valence-electron chi connectivity index (χ4n) is 2.70. The molecule has 1 fully saturated rings. The highest BCUT2D eigenvalue weighted by molar-refractivity contribution is 4.97. The number of rotatable bonds is 7. The minimum absolute atomic E-state index is 0.855. The number of nitrogens with zero attached hydrogens (tertiary/aromatic N) is 1. The van der Waals surface area contributed by atoms with Crippen LogP contribution >= 0.6 is 0 Å². The van der Waals surface area contributed by atoms with E-state index in [1.807, 2.05) is 12.1 Å². The van der Waals surface area contributed by atoms with Crippen molar-refractivity contribution >= 4 is 0 Å². The maximum atomic E-state index is 5.28. The molecule has 1 aliphatic rings. The average molecular weight is 250 g/mol. The Balaban J connectivity index is 1.46. The molecule has 0 aromatic carbocycles. The van der Waals surface area contributed by atoms with Gasteiger partial charge in [-0.05, 0) is 63.4 Å². The quantitative estimate of drug-likeness (QED) is 0.754. The third-order valence-electron chi connectivity index (χ3n) is 3.70. The summed E-state index contributed by atoms with van der Waals surface area (Å²) in [7, 11) is 0. The molecular weight excluding hydrogens is 224 g/mol. The Bertz CT molecular complexity index is 310. The van der Waals surface area contributed by atoms with Crippen LogP contribution in [0.5, 0.6) is 0 Å². The zero-order valence-electron chi connectivity index (χ0n) is 11.5. The number of piperidine rings is 1. The van der Waals surface area contributed by atoms with Crippen LogP contribution in [0.4, 0.5) is 0 Å². The van der Waals surface area contributed by atoms with E-state index in [0.717, 1.165) is 24.8 Å². The van der Waals surface area contributed by atoms with Gasteiger partial charge >= 0.3 is 0 Å². The Morgan fingerprint density at radius 3 is 3.17 bits per heavy atom. The van der Waals surface area contributed by atoms with Crippen molar-refractivity contribution in [2.45, 2.75) is 39.2 Å². The molecule has 1 aromatic rings. The van der Waals surface area contributed by atoms with Gasteiger partial charge in [0.25, 0.3) is 0 Å². The predicted molar refractivity (Wildman–Crippen MR) is 74.5 cm³/mol. The third-order valence-corrected chi connectivity index (χ3v) is 3.70. The molecule has 0 bridgehead atoms. The Hall–Kier alpha value is -0.800. The van der Waals surface area contributed by atoms with Crippen molar-refractivity contribution in [2.24, 2.45) is 5.92 Å². The number of furan rings is 1. The van der Waals surface area contributed by atoms with E-state index >= 15 is 0 Å². The van der Waals surface area contributed by atoms with Crippen LogP contribution in [0.15, 0.2) is 22.8 Å². The number of unbranched alkanes of at least 4 members (excludes halogenated alkanes) is 1. The second-order valence-corrected chi connectivity index (χ2v) is 5.51. The average Bonchev–Trinajstić information content (AvgIpc) is 2.87. The lowest BCUT2D eigenvalue weighted by Crippen LogP contribution is -2.35. The summed E-state index contributed by atoms with van der Waals surface area (Å²) in [5, 5.41) is 3.42. The van der Waals surface area contributed by atoms with Gasteiger partial charge in [0.2, 0.25) is 0 Å². The van der Waals surface area contributed by atoms with Crippen molar-refractivity contribution in [3.05, 3.63) is 24.2 Å². The largest absolute Gasteiger partial charge is 0.468 e. The molecule has 102 valence electrons. The molecule has 0 aliphatic carbocycles. The molecule has 2 heterocycles. The van der Waals surface area contributed by atoms with Gasteiger partial charge in [-0.3, -0.25) is 0 Å². The van der Waals surface area contributed by atoms with Crippen molar-refractivity contribution in [3.63, 3.8) is 0 Å². The first-order chi connectivity index (χ1) is 8.84. The van der Waals surface area contributed by atoms with E-state index in [4.69, 9.17) is 4.42 Å². The lowest BCUT2D eigenvalue weighted by atomic mass is 10.0. The molecule has 0 amide bonds. The van der Waals surface area contributed by atoms with Gasteiger partial charge in [0.05, 0.1) is 12.8 Å². The van der Waals surface area contributed by atoms with Crippen LogP contribution in [-0.4, -0.2) is 31.1 Å². The van der Waals surface area contributed by atoms with Crippen molar-refractivity contribution in [3.8, 4) is 0 Å². The number of hydrogen-bond donors (Lipinski definition) is 1. The number of hydrogen-bond acceptors (Lipinski definition) is 3. The summed E-state index contributed by atoms with van der Waals surface area (Å²) in [6, 6.07) is 3.96. The minimum atomic E-state index is 0.855. The SMILES string of the molecule is CC1CCCN(CCCCNCc2ccco2)C1. The minimum Gasteiger partial charge on any atom is -0.468 e. The normalized spacial score (nSPS) is 21.3. The summed E-state index contributed by atoms with van der Waals surface area (Å²) in [6.45, 7) is 8.20. The van der Waals surface area contributed by atoms with Gasteiger partial charge in [-0.2, -0.15) is 0 Å². The fraction of sp³-hybridized carbons (Fsp3) is 0.733. The second-order valence-electron chi connectivity index (χ2n) is 5.51. The topological polar surface area (TPSA) is 28.4 Å². The van der Waals surface area contributed by atoms with Crippen LogP contribution in [0.2, 0.25) is 0 Å². The summed E-state index contributed by atoms with van der Waals surface area (Å²) in [4.78, 5) is 2.63. The maximum Gasteiger partial charge on any atom is 0.117 e. The summed E-state index contributed by atoms with van der Waals surface area (Å²) >= 11 is 0. The van der Waals surface area contributed by atoms with Crippen molar-refractivity contribution in [2.75, 3.05) is 26.2 Å². The summed E-state index contributed by atoms with van der Waals surface area (Å²) < 4.78 is 5.28. The third kappa shape index (κ3) is 4.83. The monoisotopic (exact) mass is 250 g/mol. The van der Waals surface area contributed by atoms with Crippen LogP contribution in [-0.2, 0) is 6.54 Å². The molecule has 0 spiro atoms. The molecule has 1 aliphatic heterocycles. The summed E-state index contributed by atoms with van der Waals surface area (Å²) in [5.74, 6) is 1.93. The standard InChI is InChI=1S/C15H26N2O/c1-14-6-4-10-17(13-14)9-3-2-8-16-12-15-7-5-11-18-15/h5,7,11,14,16H,2-4,6,8-10,12-13H2,1H3. The van der Waals surface area contributed by atoms with Crippen molar-refractivity contribution < 1.29 is 4.42 Å². The summed E-state index contributed by atoms with van der Waals surface area (Å²) in [5.41, 5.74) is 0. The van der Waals surface area contributed by atoms with Gasteiger partial charge in [0, 0.05) is 6.54 Å². The maximum absolute atomic E-state index is 5.28. The molecule has 0 saturated carbocycles. The number of nitrogens with one attached hydrogen (secondary N) is 1. The van der Waals surface area contributed by atoms with Gasteiger partial charge in [0.15, 0.2) is 0 Å². The fourth-order valence-corrected chi connectivity index (χ4v) is 2.70. The van der Waals surface area contributed by atoms with Gasteiger partial charge in [-0.25, -0.2) is 0 Å².